The second-order valence-corrected chi connectivity index (χ2v) is 7.45. The first kappa shape index (κ1) is 17.0. The maximum Gasteiger partial charge on any atom is 0.121 e. The quantitative estimate of drug-likeness (QED) is 0.652. The standard InChI is InChI=1S/C22H25N3O/c1-14(2)25-22-17-10-6-5-9-16(17)13-20(26-15(3)4)18-11-7-8-12-19(18)21(22)23-24-25/h5-12,14-15,20H,13H2,1-4H3. The second-order valence-electron chi connectivity index (χ2n) is 7.45. The van der Waals surface area contributed by atoms with Crippen molar-refractivity contribution in [2.24, 2.45) is 0 Å². The highest BCUT2D eigenvalue weighted by atomic mass is 16.5. The number of aromatic nitrogens is 3. The summed E-state index contributed by atoms with van der Waals surface area (Å²) >= 11 is 0. The molecule has 4 rings (SSSR count). The van der Waals surface area contributed by atoms with Crippen molar-refractivity contribution in [3.8, 4) is 22.5 Å². The normalized spacial score (nSPS) is 16.0. The van der Waals surface area contributed by atoms with Crippen LogP contribution in [0.3, 0.4) is 0 Å². The maximum absolute atomic E-state index is 6.32. The summed E-state index contributed by atoms with van der Waals surface area (Å²) in [6, 6.07) is 17.2. The Hall–Kier alpha value is -2.46. The van der Waals surface area contributed by atoms with E-state index in [-0.39, 0.29) is 18.2 Å². The third kappa shape index (κ3) is 2.84. The van der Waals surface area contributed by atoms with Crippen molar-refractivity contribution in [2.45, 2.75) is 52.4 Å². The van der Waals surface area contributed by atoms with Gasteiger partial charge < -0.3 is 4.74 Å². The van der Waals surface area contributed by atoms with Crippen LogP contribution in [0.1, 0.15) is 51.0 Å². The van der Waals surface area contributed by atoms with Gasteiger partial charge in [0.2, 0.25) is 0 Å². The molecule has 26 heavy (non-hydrogen) atoms. The Morgan fingerprint density at radius 2 is 1.65 bits per heavy atom. The first-order chi connectivity index (χ1) is 12.6. The summed E-state index contributed by atoms with van der Waals surface area (Å²) in [7, 11) is 0. The monoisotopic (exact) mass is 347 g/mol. The van der Waals surface area contributed by atoms with Crippen LogP contribution in [0.4, 0.5) is 0 Å². The van der Waals surface area contributed by atoms with E-state index < -0.39 is 0 Å². The Morgan fingerprint density at radius 3 is 2.38 bits per heavy atom. The third-order valence-electron chi connectivity index (χ3n) is 4.86. The van der Waals surface area contributed by atoms with Crippen LogP contribution in [0, 0.1) is 0 Å². The number of ether oxygens (including phenoxy) is 1. The zero-order chi connectivity index (χ0) is 18.3. The molecule has 3 aromatic rings. The fraction of sp³-hybridized carbons (Fsp3) is 0.364. The van der Waals surface area contributed by atoms with Gasteiger partial charge in [0, 0.05) is 23.6 Å². The van der Waals surface area contributed by atoms with Gasteiger partial charge in [0.1, 0.15) is 5.69 Å². The molecule has 1 heterocycles. The Bertz CT molecular complexity index is 927. The van der Waals surface area contributed by atoms with Crippen molar-refractivity contribution in [1.29, 1.82) is 0 Å². The Kier molecular flexibility index (Phi) is 4.37. The highest BCUT2D eigenvalue weighted by molar-refractivity contribution is 5.82. The van der Waals surface area contributed by atoms with E-state index in [1.165, 1.54) is 16.7 Å². The molecule has 0 saturated carbocycles. The lowest BCUT2D eigenvalue weighted by atomic mass is 9.87. The fourth-order valence-electron chi connectivity index (χ4n) is 3.77. The van der Waals surface area contributed by atoms with Crippen molar-refractivity contribution in [3.63, 3.8) is 0 Å². The molecule has 1 aromatic heterocycles. The molecule has 0 saturated heterocycles. The molecule has 134 valence electrons. The van der Waals surface area contributed by atoms with Crippen LogP contribution >= 0.6 is 0 Å². The molecule has 4 heteroatoms. The van der Waals surface area contributed by atoms with Gasteiger partial charge in [-0.1, -0.05) is 53.7 Å². The number of benzene rings is 2. The predicted octanol–water partition coefficient (Wildman–Crippen LogP) is 5.22. The molecule has 0 fully saturated rings. The summed E-state index contributed by atoms with van der Waals surface area (Å²) in [5.74, 6) is 0. The van der Waals surface area contributed by atoms with Crippen molar-refractivity contribution >= 4 is 0 Å². The Labute approximate surface area is 154 Å². The largest absolute Gasteiger partial charge is 0.371 e. The predicted molar refractivity (Wildman–Crippen MR) is 104 cm³/mol. The molecule has 1 unspecified atom stereocenters. The molecule has 4 nitrogen and oxygen atoms in total. The molecule has 0 spiro atoms. The first-order valence-corrected chi connectivity index (χ1v) is 9.34. The molecule has 0 radical (unpaired) electrons. The minimum atomic E-state index is 0.00435. The second kappa shape index (κ2) is 6.69. The summed E-state index contributed by atoms with van der Waals surface area (Å²) in [5.41, 5.74) is 6.83. The van der Waals surface area contributed by atoms with Crippen LogP contribution < -0.4 is 0 Å². The van der Waals surface area contributed by atoms with Gasteiger partial charge in [0.15, 0.2) is 0 Å². The lowest BCUT2D eigenvalue weighted by Gasteiger charge is -2.27. The lowest BCUT2D eigenvalue weighted by Crippen LogP contribution is -2.16. The molecule has 0 aliphatic heterocycles. The summed E-state index contributed by atoms with van der Waals surface area (Å²) < 4.78 is 8.36. The summed E-state index contributed by atoms with van der Waals surface area (Å²) in [6.07, 6.45) is 1.00. The van der Waals surface area contributed by atoms with E-state index in [9.17, 15) is 0 Å². The zero-order valence-electron chi connectivity index (χ0n) is 15.8. The SMILES string of the molecule is CC(C)OC1Cc2ccccc2-c2c(nnn2C(C)C)-c2ccccc21. The Morgan fingerprint density at radius 1 is 0.962 bits per heavy atom. The average molecular weight is 347 g/mol. The molecule has 0 bridgehead atoms. The van der Waals surface area contributed by atoms with Gasteiger partial charge in [-0.2, -0.15) is 0 Å². The van der Waals surface area contributed by atoms with E-state index in [0.717, 1.165) is 23.4 Å². The third-order valence-corrected chi connectivity index (χ3v) is 4.86. The van der Waals surface area contributed by atoms with Crippen LogP contribution in [0.15, 0.2) is 48.5 Å². The van der Waals surface area contributed by atoms with E-state index in [1.54, 1.807) is 0 Å². The summed E-state index contributed by atoms with van der Waals surface area (Å²) in [6.45, 7) is 8.47. The average Bonchev–Trinajstić information content (AvgIpc) is 3.05. The first-order valence-electron chi connectivity index (χ1n) is 9.34. The highest BCUT2D eigenvalue weighted by Gasteiger charge is 2.29. The van der Waals surface area contributed by atoms with Gasteiger partial charge >= 0.3 is 0 Å². The number of rotatable bonds is 3. The minimum Gasteiger partial charge on any atom is -0.371 e. The zero-order valence-corrected chi connectivity index (χ0v) is 15.8. The molecular formula is C22H25N3O. The van der Waals surface area contributed by atoms with Gasteiger partial charge in [0.25, 0.3) is 0 Å². The summed E-state index contributed by atoms with van der Waals surface area (Å²) in [5, 5.41) is 9.08. The number of nitrogens with zero attached hydrogens (tertiary/aromatic N) is 3. The molecule has 0 amide bonds. The van der Waals surface area contributed by atoms with Gasteiger partial charge in [-0.05, 0) is 38.8 Å². The summed E-state index contributed by atoms with van der Waals surface area (Å²) in [4.78, 5) is 0. The van der Waals surface area contributed by atoms with E-state index >= 15 is 0 Å². The van der Waals surface area contributed by atoms with Crippen LogP contribution in [-0.2, 0) is 11.2 Å². The highest BCUT2D eigenvalue weighted by Crippen LogP contribution is 2.42. The van der Waals surface area contributed by atoms with Gasteiger partial charge in [-0.15, -0.1) is 5.10 Å². The smallest absolute Gasteiger partial charge is 0.121 e. The van der Waals surface area contributed by atoms with E-state index in [2.05, 4.69) is 86.5 Å². The van der Waals surface area contributed by atoms with E-state index in [4.69, 9.17) is 4.74 Å². The number of hydrogen-bond donors (Lipinski definition) is 0. The van der Waals surface area contributed by atoms with E-state index in [0.29, 0.717) is 0 Å². The molecule has 2 aromatic carbocycles. The van der Waals surface area contributed by atoms with Crippen LogP contribution in [0.25, 0.3) is 22.5 Å². The fourth-order valence-corrected chi connectivity index (χ4v) is 3.77. The van der Waals surface area contributed by atoms with Crippen LogP contribution in [0.5, 0.6) is 0 Å². The lowest BCUT2D eigenvalue weighted by molar-refractivity contribution is 0.00716. The van der Waals surface area contributed by atoms with Crippen molar-refractivity contribution in [3.05, 3.63) is 59.7 Å². The van der Waals surface area contributed by atoms with Gasteiger partial charge in [-0.3, -0.25) is 0 Å². The Balaban J connectivity index is 2.02. The van der Waals surface area contributed by atoms with Gasteiger partial charge in [-0.25, -0.2) is 4.68 Å². The molecule has 1 atom stereocenters. The number of hydrogen-bond acceptors (Lipinski definition) is 3. The van der Waals surface area contributed by atoms with Crippen molar-refractivity contribution < 1.29 is 4.74 Å². The van der Waals surface area contributed by atoms with Crippen LogP contribution in [0.2, 0.25) is 0 Å². The van der Waals surface area contributed by atoms with Crippen LogP contribution in [-0.4, -0.2) is 21.1 Å². The topological polar surface area (TPSA) is 39.9 Å². The van der Waals surface area contributed by atoms with Crippen molar-refractivity contribution in [2.75, 3.05) is 0 Å². The number of fused-ring (bicyclic) bond motifs is 5. The minimum absolute atomic E-state index is 0.00435. The van der Waals surface area contributed by atoms with Gasteiger partial charge in [0.05, 0.1) is 17.9 Å². The molecule has 0 N–H and O–H groups in total. The maximum atomic E-state index is 6.32. The molecule has 1 aliphatic rings. The van der Waals surface area contributed by atoms with Crippen molar-refractivity contribution in [1.82, 2.24) is 15.0 Å². The molecule has 1 aliphatic carbocycles. The van der Waals surface area contributed by atoms with E-state index in [1.807, 2.05) is 4.68 Å². The molecular weight excluding hydrogens is 322 g/mol.